The number of hydrogen-bond acceptors (Lipinski definition) is 2. The number of nitrogens with one attached hydrogen (secondary N) is 2. The van der Waals surface area contributed by atoms with Crippen LogP contribution in [0.4, 0.5) is 0 Å². The minimum atomic E-state index is 0.101. The monoisotopic (exact) mass is 144 g/mol. The molecule has 0 aliphatic carbocycles. The number of unbranched alkanes of at least 4 members (excludes halogenated alkanes) is 1. The van der Waals surface area contributed by atoms with Crippen LogP contribution in [0.1, 0.15) is 26.7 Å². The van der Waals surface area contributed by atoms with Crippen molar-refractivity contribution in [3.63, 3.8) is 0 Å². The van der Waals surface area contributed by atoms with Gasteiger partial charge in [0.05, 0.1) is 6.17 Å². The summed E-state index contributed by atoms with van der Waals surface area (Å²) in [5, 5.41) is 5.75. The molecule has 0 aromatic carbocycles. The Morgan fingerprint density at radius 1 is 1.60 bits per heavy atom. The van der Waals surface area contributed by atoms with E-state index < -0.39 is 0 Å². The van der Waals surface area contributed by atoms with Gasteiger partial charge in [-0.05, 0) is 19.9 Å². The topological polar surface area (TPSA) is 41.1 Å². The largest absolute Gasteiger partial charge is 0.344 e. The molecule has 3 heteroatoms. The van der Waals surface area contributed by atoms with Crippen LogP contribution in [-0.4, -0.2) is 19.1 Å². The average molecular weight is 144 g/mol. The summed E-state index contributed by atoms with van der Waals surface area (Å²) in [6, 6.07) is 0. The smallest absolute Gasteiger partial charge is 0.208 e. The molecule has 1 unspecified atom stereocenters. The maximum atomic E-state index is 9.90. The third-order valence-electron chi connectivity index (χ3n) is 1.30. The summed E-state index contributed by atoms with van der Waals surface area (Å²) in [7, 11) is 0. The van der Waals surface area contributed by atoms with Crippen LogP contribution in [0, 0.1) is 0 Å². The Bertz CT molecular complexity index is 85.7. The highest BCUT2D eigenvalue weighted by Crippen LogP contribution is 1.82. The van der Waals surface area contributed by atoms with E-state index in [1.807, 2.05) is 6.92 Å². The molecule has 0 saturated heterocycles. The molecule has 0 bridgehead atoms. The molecule has 0 radical (unpaired) electrons. The van der Waals surface area contributed by atoms with Gasteiger partial charge in [0, 0.05) is 0 Å². The second-order valence-electron chi connectivity index (χ2n) is 2.31. The SMILES string of the molecule is CCCCNC(C)NC=O. The van der Waals surface area contributed by atoms with Crippen molar-refractivity contribution >= 4 is 6.41 Å². The van der Waals surface area contributed by atoms with Crippen molar-refractivity contribution < 1.29 is 4.79 Å². The van der Waals surface area contributed by atoms with E-state index in [-0.39, 0.29) is 6.17 Å². The van der Waals surface area contributed by atoms with Gasteiger partial charge in [-0.2, -0.15) is 0 Å². The molecule has 0 aliphatic heterocycles. The van der Waals surface area contributed by atoms with Gasteiger partial charge in [-0.1, -0.05) is 13.3 Å². The highest BCUT2D eigenvalue weighted by Gasteiger charge is 1.94. The molecule has 10 heavy (non-hydrogen) atoms. The van der Waals surface area contributed by atoms with Crippen molar-refractivity contribution in [1.29, 1.82) is 0 Å². The van der Waals surface area contributed by atoms with Crippen molar-refractivity contribution in [2.45, 2.75) is 32.9 Å². The first-order valence-electron chi connectivity index (χ1n) is 3.74. The van der Waals surface area contributed by atoms with E-state index in [9.17, 15) is 4.79 Å². The minimum Gasteiger partial charge on any atom is -0.344 e. The van der Waals surface area contributed by atoms with Crippen molar-refractivity contribution in [3.05, 3.63) is 0 Å². The van der Waals surface area contributed by atoms with E-state index in [1.54, 1.807) is 0 Å². The summed E-state index contributed by atoms with van der Waals surface area (Å²) in [5.41, 5.74) is 0. The molecule has 0 spiro atoms. The van der Waals surface area contributed by atoms with E-state index >= 15 is 0 Å². The zero-order chi connectivity index (χ0) is 7.82. The van der Waals surface area contributed by atoms with Gasteiger partial charge in [0.2, 0.25) is 6.41 Å². The molecule has 0 aliphatic rings. The lowest BCUT2D eigenvalue weighted by molar-refractivity contribution is -0.110. The zero-order valence-electron chi connectivity index (χ0n) is 6.68. The van der Waals surface area contributed by atoms with Gasteiger partial charge in [0.15, 0.2) is 0 Å². The molecule has 0 saturated carbocycles. The molecular weight excluding hydrogens is 128 g/mol. The van der Waals surface area contributed by atoms with Crippen molar-refractivity contribution in [1.82, 2.24) is 10.6 Å². The van der Waals surface area contributed by atoms with E-state index in [2.05, 4.69) is 17.6 Å². The Kier molecular flexibility index (Phi) is 6.18. The van der Waals surface area contributed by atoms with Gasteiger partial charge in [-0.3, -0.25) is 10.1 Å². The fraction of sp³-hybridized carbons (Fsp3) is 0.857. The third-order valence-corrected chi connectivity index (χ3v) is 1.30. The van der Waals surface area contributed by atoms with Gasteiger partial charge in [-0.15, -0.1) is 0 Å². The van der Waals surface area contributed by atoms with Crippen molar-refractivity contribution in [2.75, 3.05) is 6.54 Å². The number of amides is 1. The van der Waals surface area contributed by atoms with E-state index in [0.717, 1.165) is 13.0 Å². The lowest BCUT2D eigenvalue weighted by Gasteiger charge is -2.10. The van der Waals surface area contributed by atoms with Crippen LogP contribution in [0.3, 0.4) is 0 Å². The third kappa shape index (κ3) is 5.56. The summed E-state index contributed by atoms with van der Waals surface area (Å²) in [6.07, 6.45) is 3.15. The van der Waals surface area contributed by atoms with Crippen LogP contribution >= 0.6 is 0 Å². The van der Waals surface area contributed by atoms with Crippen LogP contribution in [0.25, 0.3) is 0 Å². The molecule has 0 fully saturated rings. The predicted molar refractivity (Wildman–Crippen MR) is 41.6 cm³/mol. The van der Waals surface area contributed by atoms with E-state index in [0.29, 0.717) is 6.41 Å². The first-order chi connectivity index (χ1) is 4.81. The normalized spacial score (nSPS) is 12.6. The summed E-state index contributed by atoms with van der Waals surface area (Å²) in [4.78, 5) is 9.90. The lowest BCUT2D eigenvalue weighted by atomic mass is 10.3. The van der Waals surface area contributed by atoms with Crippen LogP contribution < -0.4 is 10.6 Å². The summed E-state index contributed by atoms with van der Waals surface area (Å²) in [5.74, 6) is 0. The van der Waals surface area contributed by atoms with Gasteiger partial charge < -0.3 is 5.32 Å². The molecule has 1 amide bonds. The molecule has 2 N–H and O–H groups in total. The summed E-state index contributed by atoms with van der Waals surface area (Å²) < 4.78 is 0. The number of carbonyl (C=O) groups is 1. The highest BCUT2D eigenvalue weighted by atomic mass is 16.1. The Labute approximate surface area is 62.2 Å². The number of rotatable bonds is 6. The second kappa shape index (κ2) is 6.55. The fourth-order valence-corrected chi connectivity index (χ4v) is 0.656. The van der Waals surface area contributed by atoms with Crippen molar-refractivity contribution in [3.8, 4) is 0 Å². The highest BCUT2D eigenvalue weighted by molar-refractivity contribution is 5.46. The molecular formula is C7H16N2O. The lowest BCUT2D eigenvalue weighted by Crippen LogP contribution is -2.39. The Morgan fingerprint density at radius 2 is 2.30 bits per heavy atom. The summed E-state index contributed by atoms with van der Waals surface area (Å²) >= 11 is 0. The van der Waals surface area contributed by atoms with Crippen LogP contribution in [0.5, 0.6) is 0 Å². The van der Waals surface area contributed by atoms with Crippen LogP contribution in [-0.2, 0) is 4.79 Å². The molecule has 0 heterocycles. The predicted octanol–water partition coefficient (Wildman–Crippen LogP) is 0.468. The van der Waals surface area contributed by atoms with E-state index in [1.165, 1.54) is 6.42 Å². The van der Waals surface area contributed by atoms with Crippen molar-refractivity contribution in [2.24, 2.45) is 0 Å². The Balaban J connectivity index is 3.04. The molecule has 0 rings (SSSR count). The van der Waals surface area contributed by atoms with E-state index in [4.69, 9.17) is 0 Å². The molecule has 0 aromatic heterocycles. The average Bonchev–Trinajstić information content (AvgIpc) is 1.89. The second-order valence-corrected chi connectivity index (χ2v) is 2.31. The first kappa shape index (κ1) is 9.43. The van der Waals surface area contributed by atoms with Crippen LogP contribution in [0.15, 0.2) is 0 Å². The maximum absolute atomic E-state index is 9.90. The van der Waals surface area contributed by atoms with Crippen LogP contribution in [0.2, 0.25) is 0 Å². The van der Waals surface area contributed by atoms with Gasteiger partial charge in [0.25, 0.3) is 0 Å². The summed E-state index contributed by atoms with van der Waals surface area (Å²) in [6.45, 7) is 5.03. The quantitative estimate of drug-likeness (QED) is 0.323. The number of carbonyl (C=O) groups excluding carboxylic acids is 1. The minimum absolute atomic E-state index is 0.101. The molecule has 1 atom stereocenters. The Morgan fingerprint density at radius 3 is 2.80 bits per heavy atom. The maximum Gasteiger partial charge on any atom is 0.208 e. The fourth-order valence-electron chi connectivity index (χ4n) is 0.656. The first-order valence-corrected chi connectivity index (χ1v) is 3.74. The number of hydrogen-bond donors (Lipinski definition) is 2. The molecule has 0 aromatic rings. The molecule has 60 valence electrons. The standard InChI is InChI=1S/C7H16N2O/c1-3-4-5-8-7(2)9-6-10/h6-8H,3-5H2,1-2H3,(H,9,10). The van der Waals surface area contributed by atoms with Gasteiger partial charge >= 0.3 is 0 Å². The van der Waals surface area contributed by atoms with Gasteiger partial charge in [0.1, 0.15) is 0 Å². The zero-order valence-corrected chi connectivity index (χ0v) is 6.68. The van der Waals surface area contributed by atoms with Gasteiger partial charge in [-0.25, -0.2) is 0 Å². The molecule has 3 nitrogen and oxygen atoms in total. The Hall–Kier alpha value is -0.570.